The minimum Gasteiger partial charge on any atom is -0.379 e. The lowest BCUT2D eigenvalue weighted by Gasteiger charge is -2.23. The highest BCUT2D eigenvalue weighted by atomic mass is 16.5. The Morgan fingerprint density at radius 3 is 2.76 bits per heavy atom. The van der Waals surface area contributed by atoms with Gasteiger partial charge in [0.15, 0.2) is 5.82 Å². The van der Waals surface area contributed by atoms with Crippen LogP contribution in [0.25, 0.3) is 0 Å². The number of aryl methyl sites for hydroxylation is 1. The summed E-state index contributed by atoms with van der Waals surface area (Å²) in [5.41, 5.74) is 0.00645. The molecule has 0 bridgehead atoms. The lowest BCUT2D eigenvalue weighted by atomic mass is 9.96. The molecule has 1 saturated heterocycles. The van der Waals surface area contributed by atoms with Crippen LogP contribution in [0.4, 0.5) is 0 Å². The predicted octanol–water partition coefficient (Wildman–Crippen LogP) is 0.643. The minimum atomic E-state index is 0.00645. The fourth-order valence-electron chi connectivity index (χ4n) is 1.88. The third kappa shape index (κ3) is 3.04. The van der Waals surface area contributed by atoms with Crippen molar-refractivity contribution in [3.05, 3.63) is 11.6 Å². The molecule has 5 nitrogen and oxygen atoms in total. The minimum absolute atomic E-state index is 0.00645. The molecule has 0 spiro atoms. The zero-order chi connectivity index (χ0) is 12.5. The molecule has 1 aromatic heterocycles. The lowest BCUT2D eigenvalue weighted by molar-refractivity contribution is 0.0761. The summed E-state index contributed by atoms with van der Waals surface area (Å²) in [6, 6.07) is 0.361. The molecule has 5 heteroatoms. The van der Waals surface area contributed by atoms with Crippen LogP contribution in [-0.2, 0) is 23.6 Å². The van der Waals surface area contributed by atoms with Gasteiger partial charge in [0.1, 0.15) is 5.82 Å². The highest BCUT2D eigenvalue weighted by molar-refractivity contribution is 5.04. The third-order valence-corrected chi connectivity index (χ3v) is 2.95. The van der Waals surface area contributed by atoms with Crippen molar-refractivity contribution in [2.45, 2.75) is 38.6 Å². The van der Waals surface area contributed by atoms with Gasteiger partial charge in [0.05, 0.1) is 13.2 Å². The Kier molecular flexibility index (Phi) is 3.49. The van der Waals surface area contributed by atoms with E-state index in [0.717, 1.165) is 37.8 Å². The number of ether oxygens (including phenoxy) is 1. The number of morpholine rings is 1. The number of aromatic nitrogens is 3. The van der Waals surface area contributed by atoms with E-state index in [4.69, 9.17) is 4.74 Å². The van der Waals surface area contributed by atoms with Crippen LogP contribution in [0.5, 0.6) is 0 Å². The molecule has 1 N–H and O–H groups in total. The van der Waals surface area contributed by atoms with Crippen molar-refractivity contribution in [3.8, 4) is 0 Å². The highest BCUT2D eigenvalue weighted by Gasteiger charge is 2.22. The molecule has 1 fully saturated rings. The van der Waals surface area contributed by atoms with Gasteiger partial charge in [-0.15, -0.1) is 0 Å². The summed E-state index contributed by atoms with van der Waals surface area (Å²) < 4.78 is 7.33. The first-order chi connectivity index (χ1) is 7.97. The summed E-state index contributed by atoms with van der Waals surface area (Å²) in [5, 5.41) is 7.92. The van der Waals surface area contributed by atoms with Gasteiger partial charge in [-0.1, -0.05) is 20.8 Å². The molecule has 1 unspecified atom stereocenters. The van der Waals surface area contributed by atoms with E-state index in [1.165, 1.54) is 0 Å². The van der Waals surface area contributed by atoms with Gasteiger partial charge in [0, 0.05) is 31.5 Å². The monoisotopic (exact) mass is 238 g/mol. The number of nitrogens with zero attached hydrogens (tertiary/aromatic N) is 3. The molecular formula is C12H22N4O. The summed E-state index contributed by atoms with van der Waals surface area (Å²) >= 11 is 0. The first-order valence-corrected chi connectivity index (χ1v) is 6.18. The average Bonchev–Trinajstić information content (AvgIpc) is 2.62. The Morgan fingerprint density at radius 1 is 1.47 bits per heavy atom. The summed E-state index contributed by atoms with van der Waals surface area (Å²) in [4.78, 5) is 4.63. The molecule has 96 valence electrons. The van der Waals surface area contributed by atoms with E-state index in [1.807, 2.05) is 11.7 Å². The van der Waals surface area contributed by atoms with Crippen molar-refractivity contribution in [1.82, 2.24) is 20.1 Å². The molecule has 0 radical (unpaired) electrons. The molecule has 0 aromatic carbocycles. The van der Waals surface area contributed by atoms with Gasteiger partial charge in [0.2, 0.25) is 0 Å². The van der Waals surface area contributed by atoms with Crippen molar-refractivity contribution < 1.29 is 4.74 Å². The second kappa shape index (κ2) is 4.74. The van der Waals surface area contributed by atoms with Gasteiger partial charge in [-0.3, -0.25) is 4.68 Å². The maximum absolute atomic E-state index is 5.45. The Balaban J connectivity index is 2.07. The Labute approximate surface area is 103 Å². The quantitative estimate of drug-likeness (QED) is 0.821. The largest absolute Gasteiger partial charge is 0.379 e. The van der Waals surface area contributed by atoms with Crippen LogP contribution in [-0.4, -0.2) is 40.6 Å². The molecule has 1 atom stereocenters. The second-order valence-electron chi connectivity index (χ2n) is 5.66. The third-order valence-electron chi connectivity index (χ3n) is 2.95. The molecule has 17 heavy (non-hydrogen) atoms. The van der Waals surface area contributed by atoms with Crippen molar-refractivity contribution in [2.24, 2.45) is 7.05 Å². The molecule has 1 aliphatic heterocycles. The van der Waals surface area contributed by atoms with E-state index in [1.54, 1.807) is 0 Å². The van der Waals surface area contributed by atoms with Crippen LogP contribution in [0.1, 0.15) is 32.4 Å². The molecule has 0 aliphatic carbocycles. The fourth-order valence-corrected chi connectivity index (χ4v) is 1.88. The predicted molar refractivity (Wildman–Crippen MR) is 66.0 cm³/mol. The highest BCUT2D eigenvalue weighted by Crippen LogP contribution is 2.18. The summed E-state index contributed by atoms with van der Waals surface area (Å²) in [5.74, 6) is 1.93. The Bertz CT molecular complexity index is 374. The lowest BCUT2D eigenvalue weighted by Crippen LogP contribution is -2.43. The summed E-state index contributed by atoms with van der Waals surface area (Å²) in [6.07, 6.45) is 0.875. The number of hydrogen-bond acceptors (Lipinski definition) is 4. The standard InChI is InChI=1S/C12H22N4O/c1-12(2,3)11-14-10(16(4)15-11)7-9-8-17-6-5-13-9/h9,13H,5-8H2,1-4H3. The molecule has 0 saturated carbocycles. The van der Waals surface area contributed by atoms with Gasteiger partial charge < -0.3 is 10.1 Å². The van der Waals surface area contributed by atoms with Crippen LogP contribution in [0.2, 0.25) is 0 Å². The maximum atomic E-state index is 5.45. The molecular weight excluding hydrogens is 216 g/mol. The van der Waals surface area contributed by atoms with E-state index in [-0.39, 0.29) is 5.41 Å². The van der Waals surface area contributed by atoms with Crippen molar-refractivity contribution in [3.63, 3.8) is 0 Å². The fraction of sp³-hybridized carbons (Fsp3) is 0.833. The van der Waals surface area contributed by atoms with Crippen LogP contribution in [0.3, 0.4) is 0 Å². The van der Waals surface area contributed by atoms with Gasteiger partial charge in [-0.25, -0.2) is 4.98 Å². The van der Waals surface area contributed by atoms with Gasteiger partial charge in [-0.2, -0.15) is 5.10 Å². The van der Waals surface area contributed by atoms with E-state index in [2.05, 4.69) is 36.2 Å². The van der Waals surface area contributed by atoms with E-state index >= 15 is 0 Å². The van der Waals surface area contributed by atoms with Crippen LogP contribution >= 0.6 is 0 Å². The first kappa shape index (κ1) is 12.5. The van der Waals surface area contributed by atoms with Crippen molar-refractivity contribution >= 4 is 0 Å². The second-order valence-corrected chi connectivity index (χ2v) is 5.66. The van der Waals surface area contributed by atoms with Crippen LogP contribution in [0, 0.1) is 0 Å². The van der Waals surface area contributed by atoms with Gasteiger partial charge >= 0.3 is 0 Å². The molecule has 2 heterocycles. The van der Waals surface area contributed by atoms with E-state index < -0.39 is 0 Å². The summed E-state index contributed by atoms with van der Waals surface area (Å²) in [7, 11) is 1.96. The van der Waals surface area contributed by atoms with Crippen molar-refractivity contribution in [2.75, 3.05) is 19.8 Å². The molecule has 2 rings (SSSR count). The van der Waals surface area contributed by atoms with E-state index in [9.17, 15) is 0 Å². The molecule has 1 aliphatic rings. The smallest absolute Gasteiger partial charge is 0.156 e. The van der Waals surface area contributed by atoms with Crippen LogP contribution in [0.15, 0.2) is 0 Å². The number of hydrogen-bond donors (Lipinski definition) is 1. The SMILES string of the molecule is Cn1nc(C(C)(C)C)nc1CC1COCCN1. The zero-order valence-electron chi connectivity index (χ0n) is 11.2. The Morgan fingerprint density at radius 2 is 2.24 bits per heavy atom. The van der Waals surface area contributed by atoms with Crippen molar-refractivity contribution in [1.29, 1.82) is 0 Å². The molecule has 0 amide bonds. The average molecular weight is 238 g/mol. The van der Waals surface area contributed by atoms with E-state index in [0.29, 0.717) is 6.04 Å². The Hall–Kier alpha value is -0.940. The summed E-state index contributed by atoms with van der Waals surface area (Å²) in [6.45, 7) is 8.89. The zero-order valence-corrected chi connectivity index (χ0v) is 11.2. The van der Waals surface area contributed by atoms with Gasteiger partial charge in [0.25, 0.3) is 0 Å². The number of nitrogens with one attached hydrogen (secondary N) is 1. The first-order valence-electron chi connectivity index (χ1n) is 6.18. The normalized spacial score (nSPS) is 21.8. The topological polar surface area (TPSA) is 52.0 Å². The number of rotatable bonds is 2. The van der Waals surface area contributed by atoms with Crippen LogP contribution < -0.4 is 5.32 Å². The van der Waals surface area contributed by atoms with Gasteiger partial charge in [-0.05, 0) is 0 Å². The molecule has 1 aromatic rings. The maximum Gasteiger partial charge on any atom is 0.156 e.